The first kappa shape index (κ1) is 19.2. The van der Waals surface area contributed by atoms with Crippen molar-refractivity contribution in [2.24, 2.45) is 0 Å². The normalized spacial score (nSPS) is 11.5. The summed E-state index contributed by atoms with van der Waals surface area (Å²) in [7, 11) is -2.70. The molecule has 4 rings (SSSR count). The average molecular weight is 477 g/mol. The number of nitrogens with zero attached hydrogens (tertiary/aromatic N) is 3. The molecule has 29 heavy (non-hydrogen) atoms. The van der Waals surface area contributed by atoms with Gasteiger partial charge in [-0.05, 0) is 36.4 Å². The summed E-state index contributed by atoms with van der Waals surface area (Å²) >= 11 is 3.34. The summed E-state index contributed by atoms with van der Waals surface area (Å²) in [5, 5.41) is 3.80. The first-order chi connectivity index (χ1) is 13.9. The first-order valence-corrected chi connectivity index (χ1v) is 10.4. The van der Waals surface area contributed by atoms with Gasteiger partial charge in [-0.25, -0.2) is 17.7 Å². The highest BCUT2D eigenvalue weighted by atomic mass is 79.9. The van der Waals surface area contributed by atoms with E-state index in [0.717, 1.165) is 15.0 Å². The van der Waals surface area contributed by atoms with Gasteiger partial charge in [-0.3, -0.25) is 4.79 Å². The van der Waals surface area contributed by atoms with E-state index >= 15 is 0 Å². The monoisotopic (exact) mass is 476 g/mol. The number of hydrogen-bond donors (Lipinski definition) is 1. The van der Waals surface area contributed by atoms with Gasteiger partial charge < -0.3 is 14.2 Å². The summed E-state index contributed by atoms with van der Waals surface area (Å²) in [5.74, 6) is 0.370. The zero-order chi connectivity index (χ0) is 20.6. The molecule has 1 N–H and O–H groups in total. The van der Waals surface area contributed by atoms with Gasteiger partial charge in [-0.15, -0.1) is 0 Å². The molecule has 0 amide bonds. The molecule has 0 atom stereocenters. The Balaban J connectivity index is 1.93. The zero-order valence-electron chi connectivity index (χ0n) is 14.9. The lowest BCUT2D eigenvalue weighted by Crippen LogP contribution is -2.27. The first-order valence-electron chi connectivity index (χ1n) is 8.18. The molecule has 0 aliphatic rings. The number of halogens is 1. The Morgan fingerprint density at radius 1 is 1.17 bits per heavy atom. The molecule has 0 spiro atoms. The Kier molecular flexibility index (Phi) is 4.84. The number of rotatable bonds is 5. The number of benzene rings is 2. The maximum Gasteiger partial charge on any atom is 0.270 e. The lowest BCUT2D eigenvalue weighted by atomic mass is 10.3. The number of sulfonamides is 1. The minimum absolute atomic E-state index is 0.0440. The Morgan fingerprint density at radius 3 is 2.72 bits per heavy atom. The molecule has 0 aliphatic carbocycles. The summed E-state index contributed by atoms with van der Waals surface area (Å²) < 4.78 is 39.1. The van der Waals surface area contributed by atoms with Crippen LogP contribution in [-0.4, -0.2) is 30.7 Å². The van der Waals surface area contributed by atoms with E-state index in [1.165, 1.54) is 37.6 Å². The van der Waals surface area contributed by atoms with Gasteiger partial charge >= 0.3 is 0 Å². The minimum atomic E-state index is -4.14. The van der Waals surface area contributed by atoms with E-state index in [4.69, 9.17) is 9.26 Å². The molecule has 0 saturated carbocycles. The number of ether oxygens (including phenoxy) is 1. The molecular formula is C18H13BrN4O5S. The van der Waals surface area contributed by atoms with Crippen LogP contribution in [0.4, 0.5) is 11.5 Å². The van der Waals surface area contributed by atoms with E-state index in [1.807, 2.05) is 0 Å². The second-order valence-electron chi connectivity index (χ2n) is 5.87. The number of anilines is 2. The molecule has 2 aromatic heterocycles. The van der Waals surface area contributed by atoms with Gasteiger partial charge in [0.05, 0.1) is 29.2 Å². The van der Waals surface area contributed by atoms with Crippen LogP contribution in [0.1, 0.15) is 0 Å². The van der Waals surface area contributed by atoms with Gasteiger partial charge in [0.25, 0.3) is 15.6 Å². The molecule has 9 nitrogen and oxygen atoms in total. The van der Waals surface area contributed by atoms with Crippen molar-refractivity contribution in [3.05, 3.63) is 69.8 Å². The Labute approximate surface area is 173 Å². The summed E-state index contributed by atoms with van der Waals surface area (Å²) in [6, 6.07) is 10.6. The Bertz CT molecular complexity index is 1350. The van der Waals surface area contributed by atoms with E-state index in [1.54, 1.807) is 18.2 Å². The van der Waals surface area contributed by atoms with Crippen molar-refractivity contribution < 1.29 is 17.7 Å². The molecule has 148 valence electrons. The van der Waals surface area contributed by atoms with Crippen LogP contribution in [0.5, 0.6) is 5.75 Å². The van der Waals surface area contributed by atoms with Gasteiger partial charge in [0.1, 0.15) is 17.7 Å². The lowest BCUT2D eigenvalue weighted by Gasteiger charge is -2.23. The maximum absolute atomic E-state index is 13.6. The van der Waals surface area contributed by atoms with Gasteiger partial charge in [-0.1, -0.05) is 21.1 Å². The molecule has 2 aromatic carbocycles. The summed E-state index contributed by atoms with van der Waals surface area (Å²) in [5.41, 5.74) is 0.621. The largest absolute Gasteiger partial charge is 0.494 e. The minimum Gasteiger partial charge on any atom is -0.494 e. The lowest BCUT2D eigenvalue weighted by molar-refractivity contribution is 0.413. The van der Waals surface area contributed by atoms with E-state index in [9.17, 15) is 13.2 Å². The van der Waals surface area contributed by atoms with E-state index < -0.39 is 10.0 Å². The third-order valence-corrected chi connectivity index (χ3v) is 6.29. The number of aromatic nitrogens is 3. The number of H-pyrrole nitrogens is 1. The van der Waals surface area contributed by atoms with Crippen LogP contribution in [0, 0.1) is 0 Å². The third-order valence-electron chi connectivity index (χ3n) is 4.08. The van der Waals surface area contributed by atoms with Crippen LogP contribution in [0.3, 0.4) is 0 Å². The molecule has 0 unspecified atom stereocenters. The molecule has 0 aliphatic heterocycles. The molecule has 0 saturated heterocycles. The van der Waals surface area contributed by atoms with Crippen molar-refractivity contribution in [3.8, 4) is 5.75 Å². The summed E-state index contributed by atoms with van der Waals surface area (Å²) in [6.45, 7) is 0. The highest BCUT2D eigenvalue weighted by Crippen LogP contribution is 2.39. The smallest absolute Gasteiger partial charge is 0.270 e. The number of fused-ring (bicyclic) bond motifs is 1. The van der Waals surface area contributed by atoms with Crippen LogP contribution in [0.15, 0.2) is 73.6 Å². The van der Waals surface area contributed by atoms with Crippen molar-refractivity contribution >= 4 is 48.5 Å². The Morgan fingerprint density at radius 2 is 2.00 bits per heavy atom. The molecule has 0 bridgehead atoms. The van der Waals surface area contributed by atoms with Crippen LogP contribution >= 0.6 is 15.9 Å². The van der Waals surface area contributed by atoms with Crippen molar-refractivity contribution in [1.29, 1.82) is 0 Å². The highest BCUT2D eigenvalue weighted by Gasteiger charge is 2.31. The van der Waals surface area contributed by atoms with Crippen LogP contribution in [0.25, 0.3) is 11.0 Å². The van der Waals surface area contributed by atoms with Crippen LogP contribution in [-0.2, 0) is 10.0 Å². The number of hydrogen-bond acceptors (Lipinski definition) is 7. The quantitative estimate of drug-likeness (QED) is 0.469. The number of nitrogens with one attached hydrogen (secondary N) is 1. The van der Waals surface area contributed by atoms with Crippen molar-refractivity contribution in [2.45, 2.75) is 4.90 Å². The van der Waals surface area contributed by atoms with Gasteiger partial charge in [0.2, 0.25) is 0 Å². The van der Waals surface area contributed by atoms with Crippen LogP contribution in [0.2, 0.25) is 0 Å². The van der Waals surface area contributed by atoms with Gasteiger partial charge in [0.15, 0.2) is 5.82 Å². The van der Waals surface area contributed by atoms with E-state index in [-0.39, 0.29) is 22.0 Å². The van der Waals surface area contributed by atoms with Crippen molar-refractivity contribution in [1.82, 2.24) is 15.1 Å². The number of aromatic amines is 1. The zero-order valence-corrected chi connectivity index (χ0v) is 17.3. The fourth-order valence-electron chi connectivity index (χ4n) is 2.79. The van der Waals surface area contributed by atoms with Gasteiger partial charge in [0, 0.05) is 10.5 Å². The summed E-state index contributed by atoms with van der Waals surface area (Å²) in [6.07, 6.45) is 2.36. The molecule has 0 radical (unpaired) electrons. The molecule has 4 aromatic rings. The second kappa shape index (κ2) is 7.33. The van der Waals surface area contributed by atoms with E-state index in [2.05, 4.69) is 31.1 Å². The topological polar surface area (TPSA) is 118 Å². The van der Waals surface area contributed by atoms with Crippen molar-refractivity contribution in [2.75, 3.05) is 11.4 Å². The third kappa shape index (κ3) is 3.49. The SMILES string of the molecule is COc1cc(Br)ccc1N(c1ccon1)S(=O)(=O)c1ccc2[nH]c(=O)cnc2c1. The van der Waals surface area contributed by atoms with Crippen LogP contribution < -0.4 is 14.6 Å². The molecule has 11 heteroatoms. The fraction of sp³-hybridized carbons (Fsp3) is 0.0556. The Hall–Kier alpha value is -3.18. The second-order valence-corrected chi connectivity index (χ2v) is 8.57. The predicted octanol–water partition coefficient (Wildman–Crippen LogP) is 3.21. The number of methoxy groups -OCH3 is 1. The molecule has 0 fully saturated rings. The summed E-state index contributed by atoms with van der Waals surface area (Å²) in [4.78, 5) is 18.0. The average Bonchev–Trinajstić information content (AvgIpc) is 3.22. The molecule has 2 heterocycles. The van der Waals surface area contributed by atoms with Crippen molar-refractivity contribution in [3.63, 3.8) is 0 Å². The van der Waals surface area contributed by atoms with Gasteiger partial charge in [-0.2, -0.15) is 0 Å². The fourth-order valence-corrected chi connectivity index (χ4v) is 4.59. The van der Waals surface area contributed by atoms with E-state index in [0.29, 0.717) is 16.8 Å². The predicted molar refractivity (Wildman–Crippen MR) is 109 cm³/mol. The highest BCUT2D eigenvalue weighted by molar-refractivity contribution is 9.10. The standard InChI is InChI=1S/C18H13BrN4O5S/c1-27-16-8-11(19)2-5-15(16)23(17-6-7-28-22-17)29(25,26)12-3-4-13-14(9-12)20-10-18(24)21-13/h2-10H,1H3,(H,21,24). The molecular weight excluding hydrogens is 464 g/mol. The maximum atomic E-state index is 13.6.